The highest BCUT2D eigenvalue weighted by Crippen LogP contribution is 2.58. The highest BCUT2D eigenvalue weighted by Gasteiger charge is 2.47. The molecule has 0 bridgehead atoms. The summed E-state index contributed by atoms with van der Waals surface area (Å²) in [6, 6.07) is 82.3. The maximum absolute atomic E-state index is 2.51. The molecule has 63 heavy (non-hydrogen) atoms. The van der Waals surface area contributed by atoms with Crippen LogP contribution in [0.1, 0.15) is 96.2 Å². The Morgan fingerprint density at radius 1 is 0.349 bits per heavy atom. The van der Waals surface area contributed by atoms with Gasteiger partial charge in [-0.2, -0.15) is 0 Å². The van der Waals surface area contributed by atoms with E-state index in [9.17, 15) is 0 Å². The number of fused-ring (bicyclic) bond motifs is 6. The van der Waals surface area contributed by atoms with Gasteiger partial charge in [-0.15, -0.1) is 0 Å². The molecule has 0 spiro atoms. The van der Waals surface area contributed by atoms with E-state index in [1.807, 2.05) is 0 Å². The van der Waals surface area contributed by atoms with Crippen LogP contribution in [0.5, 0.6) is 0 Å². The van der Waals surface area contributed by atoms with E-state index < -0.39 is 5.41 Å². The van der Waals surface area contributed by atoms with Gasteiger partial charge in [-0.25, -0.2) is 0 Å². The van der Waals surface area contributed by atoms with Crippen LogP contribution in [0.25, 0.3) is 44.5 Å². The lowest BCUT2D eigenvalue weighted by Gasteiger charge is -2.35. The normalized spacial score (nSPS) is 14.6. The first kappa shape index (κ1) is 38.9. The van der Waals surface area contributed by atoms with Gasteiger partial charge in [-0.3, -0.25) is 0 Å². The topological polar surface area (TPSA) is 0 Å². The number of benzene rings is 9. The van der Waals surface area contributed by atoms with Gasteiger partial charge in [0.05, 0.1) is 5.41 Å². The van der Waals surface area contributed by atoms with Gasteiger partial charge in [-0.05, 0) is 112 Å². The molecular formula is C63H52. The molecule has 0 aliphatic heterocycles. The van der Waals surface area contributed by atoms with Crippen LogP contribution in [-0.2, 0) is 16.2 Å². The zero-order chi connectivity index (χ0) is 42.9. The summed E-state index contributed by atoms with van der Waals surface area (Å²) in [5.74, 6) is 0.0237. The lowest BCUT2D eigenvalue weighted by atomic mass is 9.66. The van der Waals surface area contributed by atoms with Gasteiger partial charge in [0.15, 0.2) is 0 Å². The van der Waals surface area contributed by atoms with Crippen LogP contribution >= 0.6 is 0 Å². The van der Waals surface area contributed by atoms with Gasteiger partial charge in [-0.1, -0.05) is 247 Å². The van der Waals surface area contributed by atoms with Crippen LogP contribution in [0.2, 0.25) is 0 Å². The monoisotopic (exact) mass is 808 g/mol. The molecule has 0 heterocycles. The van der Waals surface area contributed by atoms with Crippen molar-refractivity contribution in [3.05, 3.63) is 274 Å². The third-order valence-corrected chi connectivity index (χ3v) is 14.3. The number of hydrogen-bond acceptors (Lipinski definition) is 0. The molecule has 9 aromatic rings. The Kier molecular flexibility index (Phi) is 9.14. The predicted molar refractivity (Wildman–Crippen MR) is 265 cm³/mol. The third kappa shape index (κ3) is 6.18. The Morgan fingerprint density at radius 2 is 0.841 bits per heavy atom. The third-order valence-electron chi connectivity index (χ3n) is 14.3. The average Bonchev–Trinajstić information content (AvgIpc) is 3.74. The summed E-state index contributed by atoms with van der Waals surface area (Å²) < 4.78 is 0. The summed E-state index contributed by atoms with van der Waals surface area (Å²) in [4.78, 5) is 0. The molecule has 11 rings (SSSR count). The summed E-state index contributed by atoms with van der Waals surface area (Å²) in [5, 5.41) is 0. The van der Waals surface area contributed by atoms with Crippen molar-refractivity contribution in [1.29, 1.82) is 0 Å². The molecule has 0 amide bonds. The van der Waals surface area contributed by atoms with E-state index in [1.54, 1.807) is 0 Å². The summed E-state index contributed by atoms with van der Waals surface area (Å²) in [6.07, 6.45) is 0. The van der Waals surface area contributed by atoms with Crippen molar-refractivity contribution in [2.45, 2.75) is 56.8 Å². The fourth-order valence-corrected chi connectivity index (χ4v) is 11.1. The number of rotatable bonds is 7. The quantitative estimate of drug-likeness (QED) is 0.141. The summed E-state index contributed by atoms with van der Waals surface area (Å²) >= 11 is 0. The van der Waals surface area contributed by atoms with Gasteiger partial charge < -0.3 is 0 Å². The second-order valence-corrected chi connectivity index (χ2v) is 19.2. The first-order valence-electron chi connectivity index (χ1n) is 22.5. The first-order valence-corrected chi connectivity index (χ1v) is 22.5. The Hall–Kier alpha value is -7.02. The van der Waals surface area contributed by atoms with Gasteiger partial charge >= 0.3 is 0 Å². The van der Waals surface area contributed by atoms with Crippen LogP contribution in [0, 0.1) is 0 Å². The molecule has 0 heteroatoms. The lowest BCUT2D eigenvalue weighted by molar-refractivity contribution is 0.588. The van der Waals surface area contributed by atoms with E-state index in [4.69, 9.17) is 0 Å². The van der Waals surface area contributed by atoms with E-state index in [-0.39, 0.29) is 16.7 Å². The van der Waals surface area contributed by atoms with E-state index >= 15 is 0 Å². The minimum absolute atomic E-state index is 0.0102. The molecule has 1 atom stereocenters. The highest BCUT2D eigenvalue weighted by molar-refractivity contribution is 5.89. The molecule has 2 aliphatic carbocycles. The van der Waals surface area contributed by atoms with Gasteiger partial charge in [0.2, 0.25) is 0 Å². The molecule has 0 fully saturated rings. The van der Waals surface area contributed by atoms with Gasteiger partial charge in [0.1, 0.15) is 0 Å². The summed E-state index contributed by atoms with van der Waals surface area (Å²) in [7, 11) is 0. The van der Waals surface area contributed by atoms with Crippen molar-refractivity contribution in [2.24, 2.45) is 0 Å². The molecule has 0 nitrogen and oxygen atoms in total. The summed E-state index contributed by atoms with van der Waals surface area (Å²) in [6.45, 7) is 11.7. The summed E-state index contributed by atoms with van der Waals surface area (Å²) in [5.41, 5.74) is 23.0. The molecular weight excluding hydrogens is 757 g/mol. The van der Waals surface area contributed by atoms with Crippen molar-refractivity contribution in [1.82, 2.24) is 0 Å². The molecule has 2 aliphatic rings. The zero-order valence-corrected chi connectivity index (χ0v) is 36.9. The van der Waals surface area contributed by atoms with Crippen molar-refractivity contribution < 1.29 is 0 Å². The largest absolute Gasteiger partial charge is 0.0713 e. The lowest BCUT2D eigenvalue weighted by Crippen LogP contribution is -2.29. The Bertz CT molecular complexity index is 3100. The molecule has 0 aromatic heterocycles. The molecule has 0 saturated heterocycles. The SMILES string of the molecule is CC(C)(C)c1ccc2c(c1)C(c1ccccc1)(c1ccccc1)c1cc(-c3ccc(C(c4ccc5c(c4)C(C)(C)c4ccccc4-5)c4ccccc4-c4ccccc4)cc3)ccc1-2. The molecule has 0 radical (unpaired) electrons. The Balaban J connectivity index is 1.07. The molecule has 1 unspecified atom stereocenters. The van der Waals surface area contributed by atoms with Crippen molar-refractivity contribution in [2.75, 3.05) is 0 Å². The van der Waals surface area contributed by atoms with Crippen molar-refractivity contribution >= 4 is 0 Å². The van der Waals surface area contributed by atoms with E-state index in [2.05, 4.69) is 253 Å². The highest BCUT2D eigenvalue weighted by atomic mass is 14.5. The van der Waals surface area contributed by atoms with Crippen LogP contribution in [0.15, 0.2) is 218 Å². The minimum atomic E-state index is -0.475. The van der Waals surface area contributed by atoms with Gasteiger partial charge in [0, 0.05) is 11.3 Å². The minimum Gasteiger partial charge on any atom is -0.0622 e. The fraction of sp³-hybridized carbons (Fsp3) is 0.143. The second kappa shape index (κ2) is 14.8. The first-order chi connectivity index (χ1) is 30.6. The zero-order valence-electron chi connectivity index (χ0n) is 36.9. The van der Waals surface area contributed by atoms with Crippen molar-refractivity contribution in [3.63, 3.8) is 0 Å². The molecule has 304 valence electrons. The smallest absolute Gasteiger partial charge is 0.0622 e. The maximum atomic E-state index is 2.51. The second-order valence-electron chi connectivity index (χ2n) is 19.2. The van der Waals surface area contributed by atoms with Crippen LogP contribution < -0.4 is 0 Å². The molecule has 0 saturated carbocycles. The van der Waals surface area contributed by atoms with E-state index in [0.29, 0.717) is 0 Å². The molecule has 9 aromatic carbocycles. The van der Waals surface area contributed by atoms with Gasteiger partial charge in [0.25, 0.3) is 0 Å². The molecule has 0 N–H and O–H groups in total. The van der Waals surface area contributed by atoms with Crippen molar-refractivity contribution in [3.8, 4) is 44.5 Å². The maximum Gasteiger partial charge on any atom is 0.0713 e. The van der Waals surface area contributed by atoms with Crippen LogP contribution in [0.4, 0.5) is 0 Å². The van der Waals surface area contributed by atoms with Crippen LogP contribution in [0.3, 0.4) is 0 Å². The fourth-order valence-electron chi connectivity index (χ4n) is 11.1. The Labute approximate surface area is 373 Å². The Morgan fingerprint density at radius 3 is 1.51 bits per heavy atom. The standard InChI is InChI=1S/C63H52/c1-61(2,3)49-35-38-54-53-36-33-45(39-58(53)63(59(54)41-49,47-21-11-7-12-22-47)48-23-13-8-14-24-48)42-29-31-44(32-30-42)60(55-27-16-15-25-50(55)43-19-9-6-10-20-43)46-34-37-52-51-26-17-18-28-56(51)62(4,5)57(52)40-46/h6-41,60H,1-5H3. The average molecular weight is 809 g/mol. The van der Waals surface area contributed by atoms with E-state index in [1.165, 1.54) is 100 Å². The van der Waals surface area contributed by atoms with Crippen LogP contribution in [-0.4, -0.2) is 0 Å². The van der Waals surface area contributed by atoms with E-state index in [0.717, 1.165) is 0 Å². The number of hydrogen-bond donors (Lipinski definition) is 0. The predicted octanol–water partition coefficient (Wildman–Crippen LogP) is 16.2.